The first-order valence-electron chi connectivity index (χ1n) is 10.2. The quantitative estimate of drug-likeness (QED) is 0.858. The van der Waals surface area contributed by atoms with Gasteiger partial charge < -0.3 is 14.8 Å². The lowest BCUT2D eigenvalue weighted by molar-refractivity contribution is -0.127. The molecule has 1 saturated heterocycles. The maximum Gasteiger partial charge on any atom is 0.223 e. The summed E-state index contributed by atoms with van der Waals surface area (Å²) >= 11 is 0. The standard InChI is InChI=1S/C20H34N4O/c1-3-7-18(19-21-12-15-23(19)2)22-20(25)16-10-13-24(14-11-16)17-8-5-4-6-9-17/h12,15-18H,3-11,13-14H2,1-2H3,(H,22,25). The first kappa shape index (κ1) is 18.4. The number of carbonyl (C=O) groups is 1. The summed E-state index contributed by atoms with van der Waals surface area (Å²) in [6.45, 7) is 4.33. The molecule has 1 atom stereocenters. The highest BCUT2D eigenvalue weighted by Gasteiger charge is 2.30. The van der Waals surface area contributed by atoms with Gasteiger partial charge in [-0.3, -0.25) is 4.79 Å². The Labute approximate surface area is 152 Å². The first-order chi connectivity index (χ1) is 12.2. The van der Waals surface area contributed by atoms with E-state index in [2.05, 4.69) is 22.1 Å². The molecule has 3 rings (SSSR count). The minimum atomic E-state index is 0.0360. The second kappa shape index (κ2) is 8.84. The fourth-order valence-corrected chi connectivity index (χ4v) is 4.53. The SMILES string of the molecule is CCCC(NC(=O)C1CCN(C2CCCCC2)CC1)c1nccn1C. The van der Waals surface area contributed by atoms with Gasteiger partial charge in [0.2, 0.25) is 5.91 Å². The number of carbonyl (C=O) groups excluding carboxylic acids is 1. The third-order valence-electron chi connectivity index (χ3n) is 6.06. The molecule has 1 aromatic heterocycles. The van der Waals surface area contributed by atoms with Crippen LogP contribution in [0.4, 0.5) is 0 Å². The van der Waals surface area contributed by atoms with Crippen LogP contribution in [0.5, 0.6) is 0 Å². The Hall–Kier alpha value is -1.36. The number of hydrogen-bond acceptors (Lipinski definition) is 3. The van der Waals surface area contributed by atoms with E-state index in [0.29, 0.717) is 0 Å². The van der Waals surface area contributed by atoms with Gasteiger partial charge in [-0.25, -0.2) is 4.98 Å². The van der Waals surface area contributed by atoms with Crippen LogP contribution in [0, 0.1) is 5.92 Å². The van der Waals surface area contributed by atoms with Crippen molar-refractivity contribution in [2.24, 2.45) is 13.0 Å². The predicted octanol–water partition coefficient (Wildman–Crippen LogP) is 3.42. The molecule has 140 valence electrons. The van der Waals surface area contributed by atoms with Crippen LogP contribution in [0.15, 0.2) is 12.4 Å². The fourth-order valence-electron chi connectivity index (χ4n) is 4.53. The normalized spacial score (nSPS) is 22.0. The Kier molecular flexibility index (Phi) is 6.51. The Morgan fingerprint density at radius 3 is 2.56 bits per heavy atom. The van der Waals surface area contributed by atoms with Crippen LogP contribution >= 0.6 is 0 Å². The van der Waals surface area contributed by atoms with Gasteiger partial charge in [0.05, 0.1) is 6.04 Å². The molecule has 0 bridgehead atoms. The molecule has 1 saturated carbocycles. The molecule has 5 nitrogen and oxygen atoms in total. The second-order valence-corrected chi connectivity index (χ2v) is 7.85. The summed E-state index contributed by atoms with van der Waals surface area (Å²) in [5.41, 5.74) is 0. The lowest BCUT2D eigenvalue weighted by Gasteiger charge is -2.39. The van der Waals surface area contributed by atoms with Gasteiger partial charge in [0.15, 0.2) is 0 Å². The lowest BCUT2D eigenvalue weighted by Crippen LogP contribution is -2.46. The van der Waals surface area contributed by atoms with E-state index >= 15 is 0 Å². The number of nitrogens with one attached hydrogen (secondary N) is 1. The minimum absolute atomic E-state index is 0.0360. The summed E-state index contributed by atoms with van der Waals surface area (Å²) in [6, 6.07) is 0.812. The van der Waals surface area contributed by atoms with Gasteiger partial charge in [0.1, 0.15) is 5.82 Å². The third kappa shape index (κ3) is 4.63. The predicted molar refractivity (Wildman–Crippen MR) is 100 cm³/mol. The number of piperidine rings is 1. The van der Waals surface area contributed by atoms with Gasteiger partial charge >= 0.3 is 0 Å². The highest BCUT2D eigenvalue weighted by Crippen LogP contribution is 2.28. The molecule has 1 unspecified atom stereocenters. The van der Waals surface area contributed by atoms with Crippen molar-refractivity contribution >= 4 is 5.91 Å². The summed E-state index contributed by atoms with van der Waals surface area (Å²) < 4.78 is 2.02. The van der Waals surface area contributed by atoms with Gasteiger partial charge in [-0.15, -0.1) is 0 Å². The monoisotopic (exact) mass is 346 g/mol. The molecule has 2 aliphatic rings. The largest absolute Gasteiger partial charge is 0.346 e. The zero-order valence-corrected chi connectivity index (χ0v) is 15.9. The number of aryl methyl sites for hydroxylation is 1. The van der Waals surface area contributed by atoms with E-state index in [1.165, 1.54) is 32.1 Å². The molecular formula is C20H34N4O. The Balaban J connectivity index is 1.52. The van der Waals surface area contributed by atoms with Crippen LogP contribution in [0.2, 0.25) is 0 Å². The highest BCUT2D eigenvalue weighted by molar-refractivity contribution is 5.79. The molecule has 0 radical (unpaired) electrons. The van der Waals surface area contributed by atoms with Gasteiger partial charge in [0, 0.05) is 31.4 Å². The smallest absolute Gasteiger partial charge is 0.223 e. The first-order valence-corrected chi connectivity index (χ1v) is 10.2. The van der Waals surface area contributed by atoms with Gasteiger partial charge in [-0.2, -0.15) is 0 Å². The zero-order valence-electron chi connectivity index (χ0n) is 15.9. The van der Waals surface area contributed by atoms with E-state index < -0.39 is 0 Å². The van der Waals surface area contributed by atoms with Crippen molar-refractivity contribution in [1.82, 2.24) is 19.8 Å². The third-order valence-corrected chi connectivity index (χ3v) is 6.06. The molecule has 1 N–H and O–H groups in total. The fraction of sp³-hybridized carbons (Fsp3) is 0.800. The van der Waals surface area contributed by atoms with E-state index in [1.54, 1.807) is 0 Å². The molecule has 25 heavy (non-hydrogen) atoms. The van der Waals surface area contributed by atoms with Crippen LogP contribution < -0.4 is 5.32 Å². The molecule has 1 aliphatic carbocycles. The Morgan fingerprint density at radius 1 is 1.24 bits per heavy atom. The summed E-state index contributed by atoms with van der Waals surface area (Å²) in [5.74, 6) is 1.36. The van der Waals surface area contributed by atoms with Crippen LogP contribution in [-0.4, -0.2) is 39.5 Å². The van der Waals surface area contributed by atoms with Crippen molar-refractivity contribution in [2.75, 3.05) is 13.1 Å². The van der Waals surface area contributed by atoms with Crippen molar-refractivity contribution < 1.29 is 4.79 Å². The number of aromatic nitrogens is 2. The van der Waals surface area contributed by atoms with Crippen molar-refractivity contribution in [2.45, 2.75) is 76.8 Å². The molecule has 1 amide bonds. The van der Waals surface area contributed by atoms with Crippen LogP contribution in [0.3, 0.4) is 0 Å². The lowest BCUT2D eigenvalue weighted by atomic mass is 9.89. The molecular weight excluding hydrogens is 312 g/mol. The van der Waals surface area contributed by atoms with Crippen molar-refractivity contribution in [1.29, 1.82) is 0 Å². The van der Waals surface area contributed by atoms with Gasteiger partial charge in [-0.1, -0.05) is 32.6 Å². The van der Waals surface area contributed by atoms with E-state index in [4.69, 9.17) is 0 Å². The zero-order chi connectivity index (χ0) is 17.6. The Morgan fingerprint density at radius 2 is 1.96 bits per heavy atom. The topological polar surface area (TPSA) is 50.2 Å². The number of likely N-dealkylation sites (tertiary alicyclic amines) is 1. The van der Waals surface area contributed by atoms with Gasteiger partial charge in [-0.05, 0) is 45.2 Å². The number of amides is 1. The summed E-state index contributed by atoms with van der Waals surface area (Å²) in [4.78, 5) is 19.9. The maximum atomic E-state index is 12.8. The van der Waals surface area contributed by atoms with E-state index in [1.807, 2.05) is 24.0 Å². The summed E-state index contributed by atoms with van der Waals surface area (Å²) in [7, 11) is 2.00. The molecule has 2 fully saturated rings. The molecule has 0 spiro atoms. The second-order valence-electron chi connectivity index (χ2n) is 7.85. The molecule has 2 heterocycles. The van der Waals surface area contributed by atoms with Crippen LogP contribution in [0.25, 0.3) is 0 Å². The van der Waals surface area contributed by atoms with E-state index in [-0.39, 0.29) is 17.9 Å². The molecule has 1 aliphatic heterocycles. The average molecular weight is 347 g/mol. The molecule has 0 aromatic carbocycles. The van der Waals surface area contributed by atoms with Crippen LogP contribution in [-0.2, 0) is 11.8 Å². The van der Waals surface area contributed by atoms with Crippen molar-refractivity contribution in [3.63, 3.8) is 0 Å². The maximum absolute atomic E-state index is 12.8. The number of rotatable bonds is 6. The van der Waals surface area contributed by atoms with Gasteiger partial charge in [0.25, 0.3) is 0 Å². The van der Waals surface area contributed by atoms with Crippen molar-refractivity contribution in [3.05, 3.63) is 18.2 Å². The number of imidazole rings is 1. The summed E-state index contributed by atoms with van der Waals surface area (Å²) in [6.07, 6.45) is 14.6. The van der Waals surface area contributed by atoms with Crippen LogP contribution in [0.1, 0.15) is 76.6 Å². The molecule has 1 aromatic rings. The highest BCUT2D eigenvalue weighted by atomic mass is 16.2. The number of nitrogens with zero attached hydrogens (tertiary/aromatic N) is 3. The minimum Gasteiger partial charge on any atom is -0.346 e. The van der Waals surface area contributed by atoms with E-state index in [0.717, 1.165) is 50.6 Å². The molecule has 5 heteroatoms. The average Bonchev–Trinajstić information content (AvgIpc) is 3.08. The van der Waals surface area contributed by atoms with Crippen molar-refractivity contribution in [3.8, 4) is 0 Å². The number of hydrogen-bond donors (Lipinski definition) is 1. The summed E-state index contributed by atoms with van der Waals surface area (Å²) in [5, 5.41) is 3.28. The Bertz CT molecular complexity index is 542. The van der Waals surface area contributed by atoms with E-state index in [9.17, 15) is 4.79 Å².